The first kappa shape index (κ1) is 12.4. The molecular weight excluding hydrogens is 213 g/mol. The predicted octanol–water partition coefficient (Wildman–Crippen LogP) is 1.10. The van der Waals surface area contributed by atoms with Gasteiger partial charge in [0.25, 0.3) is 0 Å². The first-order chi connectivity index (χ1) is 7.45. The van der Waals surface area contributed by atoms with Gasteiger partial charge < -0.3 is 15.6 Å². The maximum absolute atomic E-state index is 13.4. The molecule has 1 rings (SSSR count). The van der Waals surface area contributed by atoms with Crippen molar-refractivity contribution < 1.29 is 19.0 Å². The van der Waals surface area contributed by atoms with Gasteiger partial charge in [-0.05, 0) is 31.0 Å². The molecule has 88 valence electrons. The number of carbonyl (C=O) groups is 1. The molecule has 0 amide bonds. The molecule has 1 unspecified atom stereocenters. The lowest BCUT2D eigenvalue weighted by atomic mass is 10.0. The highest BCUT2D eigenvalue weighted by Gasteiger charge is 2.14. The summed E-state index contributed by atoms with van der Waals surface area (Å²) in [5.41, 5.74) is 6.27. The van der Waals surface area contributed by atoms with E-state index in [9.17, 15) is 9.18 Å². The van der Waals surface area contributed by atoms with Gasteiger partial charge >= 0.3 is 5.97 Å². The van der Waals surface area contributed by atoms with Crippen molar-refractivity contribution in [1.29, 1.82) is 0 Å². The second kappa shape index (κ2) is 4.94. The van der Waals surface area contributed by atoms with E-state index in [2.05, 4.69) is 0 Å². The van der Waals surface area contributed by atoms with E-state index in [-0.39, 0.29) is 6.42 Å². The number of rotatable bonds is 4. The Morgan fingerprint density at radius 2 is 2.25 bits per heavy atom. The summed E-state index contributed by atoms with van der Waals surface area (Å²) in [6.45, 7) is 1.59. The van der Waals surface area contributed by atoms with Crippen LogP contribution in [-0.2, 0) is 11.2 Å². The van der Waals surface area contributed by atoms with Crippen LogP contribution in [0.25, 0.3) is 0 Å². The summed E-state index contributed by atoms with van der Waals surface area (Å²) in [4.78, 5) is 10.6. The van der Waals surface area contributed by atoms with Crippen molar-refractivity contribution in [3.8, 4) is 5.75 Å². The normalized spacial score (nSPS) is 12.2. The van der Waals surface area contributed by atoms with E-state index in [4.69, 9.17) is 15.6 Å². The fraction of sp³-hybridized carbons (Fsp3) is 0.364. The van der Waals surface area contributed by atoms with Gasteiger partial charge in [-0.3, -0.25) is 4.79 Å². The Bertz CT molecular complexity index is 406. The average Bonchev–Trinajstić information content (AvgIpc) is 2.22. The van der Waals surface area contributed by atoms with Crippen LogP contribution in [0.3, 0.4) is 0 Å². The molecule has 0 saturated heterocycles. The summed E-state index contributed by atoms with van der Waals surface area (Å²) in [5.74, 6) is -1.14. The van der Waals surface area contributed by atoms with E-state index in [1.165, 1.54) is 13.2 Å². The van der Waals surface area contributed by atoms with Crippen molar-refractivity contribution in [2.24, 2.45) is 5.73 Å². The summed E-state index contributed by atoms with van der Waals surface area (Å²) in [6.07, 6.45) is 0.0723. The third-order valence-electron chi connectivity index (χ3n) is 2.35. The maximum Gasteiger partial charge on any atom is 0.320 e. The molecule has 16 heavy (non-hydrogen) atoms. The molecule has 0 heterocycles. The van der Waals surface area contributed by atoms with Crippen LogP contribution < -0.4 is 10.5 Å². The lowest BCUT2D eigenvalue weighted by Gasteiger charge is -2.11. The highest BCUT2D eigenvalue weighted by molar-refractivity contribution is 5.73. The van der Waals surface area contributed by atoms with E-state index >= 15 is 0 Å². The molecule has 0 saturated carbocycles. The molecule has 0 bridgehead atoms. The average molecular weight is 227 g/mol. The lowest BCUT2D eigenvalue weighted by Crippen LogP contribution is -2.32. The highest BCUT2D eigenvalue weighted by atomic mass is 19.1. The van der Waals surface area contributed by atoms with E-state index in [1.54, 1.807) is 13.0 Å². The van der Waals surface area contributed by atoms with Crippen LogP contribution in [-0.4, -0.2) is 24.2 Å². The molecule has 0 spiro atoms. The quantitative estimate of drug-likeness (QED) is 0.807. The van der Waals surface area contributed by atoms with Crippen LogP contribution in [0.4, 0.5) is 4.39 Å². The Kier molecular flexibility index (Phi) is 3.84. The van der Waals surface area contributed by atoms with Gasteiger partial charge in [0.05, 0.1) is 7.11 Å². The number of benzene rings is 1. The molecule has 0 aliphatic heterocycles. The summed E-state index contributed by atoms with van der Waals surface area (Å²) >= 11 is 0. The van der Waals surface area contributed by atoms with Crippen molar-refractivity contribution in [2.45, 2.75) is 19.4 Å². The molecule has 1 aromatic rings. The summed E-state index contributed by atoms with van der Waals surface area (Å²) < 4.78 is 18.4. The number of carboxylic acid groups (broad SMARTS) is 1. The monoisotopic (exact) mass is 227 g/mol. The van der Waals surface area contributed by atoms with Gasteiger partial charge in [-0.25, -0.2) is 4.39 Å². The molecule has 0 aromatic heterocycles. The Balaban J connectivity index is 2.98. The second-order valence-corrected chi connectivity index (χ2v) is 3.55. The largest absolute Gasteiger partial charge is 0.496 e. The maximum atomic E-state index is 13.4. The number of hydrogen-bond donors (Lipinski definition) is 2. The minimum atomic E-state index is -1.11. The number of methoxy groups -OCH3 is 1. The number of halogens is 1. The number of carboxylic acids is 1. The van der Waals surface area contributed by atoms with Crippen molar-refractivity contribution >= 4 is 5.97 Å². The second-order valence-electron chi connectivity index (χ2n) is 3.55. The van der Waals surface area contributed by atoms with Crippen molar-refractivity contribution in [2.75, 3.05) is 7.11 Å². The van der Waals surface area contributed by atoms with Crippen LogP contribution >= 0.6 is 0 Å². The fourth-order valence-electron chi connectivity index (χ4n) is 1.38. The predicted molar refractivity (Wildman–Crippen MR) is 57.0 cm³/mol. The van der Waals surface area contributed by atoms with Gasteiger partial charge in [0.2, 0.25) is 0 Å². The molecule has 0 aliphatic carbocycles. The topological polar surface area (TPSA) is 72.5 Å². The van der Waals surface area contributed by atoms with Gasteiger partial charge in [0.15, 0.2) is 0 Å². The van der Waals surface area contributed by atoms with Crippen LogP contribution in [0.1, 0.15) is 11.1 Å². The fourth-order valence-corrected chi connectivity index (χ4v) is 1.38. The van der Waals surface area contributed by atoms with Crippen LogP contribution in [0, 0.1) is 12.7 Å². The molecular formula is C11H14FNO3. The van der Waals surface area contributed by atoms with Crippen molar-refractivity contribution in [3.63, 3.8) is 0 Å². The first-order valence-corrected chi connectivity index (χ1v) is 4.77. The highest BCUT2D eigenvalue weighted by Crippen LogP contribution is 2.23. The Labute approximate surface area is 92.8 Å². The lowest BCUT2D eigenvalue weighted by molar-refractivity contribution is -0.138. The van der Waals surface area contributed by atoms with Gasteiger partial charge in [0, 0.05) is 5.56 Å². The molecule has 0 radical (unpaired) electrons. The van der Waals surface area contributed by atoms with E-state index in [1.807, 2.05) is 0 Å². The molecule has 0 fully saturated rings. The number of hydrogen-bond acceptors (Lipinski definition) is 3. The van der Waals surface area contributed by atoms with Gasteiger partial charge in [0.1, 0.15) is 17.6 Å². The standard InChI is InChI=1S/C11H14FNO3/c1-6-8(12)3-7(5-10(6)16-2)4-9(13)11(14)15/h3,5,9H,4,13H2,1-2H3,(H,14,15). The van der Waals surface area contributed by atoms with E-state index < -0.39 is 17.8 Å². The number of aliphatic carboxylic acids is 1. The van der Waals surface area contributed by atoms with E-state index in [0.717, 1.165) is 0 Å². The van der Waals surface area contributed by atoms with Crippen LogP contribution in [0.15, 0.2) is 12.1 Å². The smallest absolute Gasteiger partial charge is 0.320 e. The van der Waals surface area contributed by atoms with Crippen molar-refractivity contribution in [3.05, 3.63) is 29.1 Å². The van der Waals surface area contributed by atoms with Gasteiger partial charge in [-0.15, -0.1) is 0 Å². The van der Waals surface area contributed by atoms with E-state index in [0.29, 0.717) is 16.9 Å². The third kappa shape index (κ3) is 2.70. The number of ether oxygens (including phenoxy) is 1. The Morgan fingerprint density at radius 3 is 2.75 bits per heavy atom. The molecule has 1 atom stereocenters. The van der Waals surface area contributed by atoms with Gasteiger partial charge in [-0.2, -0.15) is 0 Å². The zero-order valence-corrected chi connectivity index (χ0v) is 9.16. The Hall–Kier alpha value is -1.62. The summed E-state index contributed by atoms with van der Waals surface area (Å²) in [7, 11) is 1.43. The molecule has 3 N–H and O–H groups in total. The zero-order chi connectivity index (χ0) is 12.3. The zero-order valence-electron chi connectivity index (χ0n) is 9.16. The minimum Gasteiger partial charge on any atom is -0.496 e. The van der Waals surface area contributed by atoms with Crippen LogP contribution in [0.2, 0.25) is 0 Å². The summed E-state index contributed by atoms with van der Waals surface area (Å²) in [6, 6.07) is 1.84. The molecule has 1 aromatic carbocycles. The molecule has 4 nitrogen and oxygen atoms in total. The number of nitrogens with two attached hydrogens (primary N) is 1. The third-order valence-corrected chi connectivity index (χ3v) is 2.35. The van der Waals surface area contributed by atoms with Crippen molar-refractivity contribution in [1.82, 2.24) is 0 Å². The van der Waals surface area contributed by atoms with Crippen LogP contribution in [0.5, 0.6) is 5.75 Å². The Morgan fingerprint density at radius 1 is 1.62 bits per heavy atom. The first-order valence-electron chi connectivity index (χ1n) is 4.77. The SMILES string of the molecule is COc1cc(CC(N)C(=O)O)cc(F)c1C. The van der Waals surface area contributed by atoms with Gasteiger partial charge in [-0.1, -0.05) is 0 Å². The summed E-state index contributed by atoms with van der Waals surface area (Å²) in [5, 5.41) is 8.64. The molecule has 5 heteroatoms. The molecule has 0 aliphatic rings. The minimum absolute atomic E-state index is 0.0723.